The number of hydrogen-bond donors (Lipinski definition) is 3. The summed E-state index contributed by atoms with van der Waals surface area (Å²) in [5.74, 6) is 1.11. The second-order valence-electron chi connectivity index (χ2n) is 7.14. The van der Waals surface area contributed by atoms with Crippen molar-refractivity contribution in [3.8, 4) is 11.5 Å². The van der Waals surface area contributed by atoms with E-state index in [9.17, 15) is 9.59 Å². The molecule has 0 radical (unpaired) electrons. The molecule has 0 aliphatic rings. The Morgan fingerprint density at radius 3 is 2.27 bits per heavy atom. The number of amides is 3. The second-order valence-corrected chi connectivity index (χ2v) is 7.14. The summed E-state index contributed by atoms with van der Waals surface area (Å²) in [5, 5.41) is 12.4. The Morgan fingerprint density at radius 2 is 1.55 bits per heavy atom. The molecule has 4 rings (SSSR count). The fourth-order valence-corrected chi connectivity index (χ4v) is 3.07. The van der Waals surface area contributed by atoms with E-state index >= 15 is 0 Å². The van der Waals surface area contributed by atoms with Crippen molar-refractivity contribution in [2.45, 2.75) is 13.5 Å². The summed E-state index contributed by atoms with van der Waals surface area (Å²) in [5.41, 5.74) is 2.13. The van der Waals surface area contributed by atoms with E-state index in [1.54, 1.807) is 65.6 Å². The smallest absolute Gasteiger partial charge is 0.323 e. The van der Waals surface area contributed by atoms with Gasteiger partial charge < -0.3 is 20.7 Å². The maximum Gasteiger partial charge on any atom is 0.323 e. The van der Waals surface area contributed by atoms with Crippen molar-refractivity contribution < 1.29 is 14.3 Å². The number of para-hydroxylation sites is 1. The largest absolute Gasteiger partial charge is 0.457 e. The zero-order valence-electron chi connectivity index (χ0n) is 18.0. The van der Waals surface area contributed by atoms with Gasteiger partial charge in [-0.15, -0.1) is 0 Å². The number of anilines is 3. The standard InChI is InChI=1S/C25H23N5O3/c1-2-30-17-21(16-26-30)27-24(31)18-7-6-8-20(15-18)29-25(32)28-19-11-13-23(14-12-19)33-22-9-4-3-5-10-22/h3-17H,2H2,1H3,(H,27,31)(H2,28,29,32). The number of benzene rings is 3. The van der Waals surface area contributed by atoms with E-state index in [0.717, 1.165) is 5.75 Å². The third kappa shape index (κ3) is 5.98. The van der Waals surface area contributed by atoms with Crippen molar-refractivity contribution in [1.29, 1.82) is 0 Å². The number of aromatic nitrogens is 2. The van der Waals surface area contributed by atoms with Gasteiger partial charge in [-0.3, -0.25) is 9.48 Å². The van der Waals surface area contributed by atoms with Crippen LogP contribution in [0.4, 0.5) is 21.9 Å². The Morgan fingerprint density at radius 1 is 0.818 bits per heavy atom. The lowest BCUT2D eigenvalue weighted by Gasteiger charge is -2.10. The molecule has 0 atom stereocenters. The number of carbonyl (C=O) groups is 2. The van der Waals surface area contributed by atoms with Gasteiger partial charge in [-0.25, -0.2) is 4.79 Å². The molecule has 0 aliphatic heterocycles. The molecule has 8 heteroatoms. The van der Waals surface area contributed by atoms with Crippen LogP contribution in [0.3, 0.4) is 0 Å². The summed E-state index contributed by atoms with van der Waals surface area (Å²) in [6, 6.07) is 22.8. The fraction of sp³-hybridized carbons (Fsp3) is 0.0800. The molecule has 0 aliphatic carbocycles. The first-order valence-corrected chi connectivity index (χ1v) is 10.4. The van der Waals surface area contributed by atoms with Gasteiger partial charge in [0, 0.05) is 29.7 Å². The highest BCUT2D eigenvalue weighted by Gasteiger charge is 2.10. The molecule has 33 heavy (non-hydrogen) atoms. The topological polar surface area (TPSA) is 97.3 Å². The average Bonchev–Trinajstić information content (AvgIpc) is 3.29. The monoisotopic (exact) mass is 441 g/mol. The van der Waals surface area contributed by atoms with Gasteiger partial charge in [-0.1, -0.05) is 24.3 Å². The van der Waals surface area contributed by atoms with E-state index in [1.807, 2.05) is 37.3 Å². The molecular formula is C25H23N5O3. The Bertz CT molecular complexity index is 1240. The Hall–Kier alpha value is -4.59. The molecule has 0 saturated heterocycles. The molecule has 166 valence electrons. The maximum absolute atomic E-state index is 12.5. The number of carbonyl (C=O) groups excluding carboxylic acids is 2. The number of nitrogens with zero attached hydrogens (tertiary/aromatic N) is 2. The van der Waals surface area contributed by atoms with E-state index in [-0.39, 0.29) is 5.91 Å². The first-order chi connectivity index (χ1) is 16.1. The average molecular weight is 441 g/mol. The summed E-state index contributed by atoms with van der Waals surface area (Å²) < 4.78 is 7.47. The molecule has 8 nitrogen and oxygen atoms in total. The zero-order chi connectivity index (χ0) is 23.0. The van der Waals surface area contributed by atoms with Crippen LogP contribution >= 0.6 is 0 Å². The van der Waals surface area contributed by atoms with Gasteiger partial charge in [-0.05, 0) is 61.5 Å². The molecule has 3 N–H and O–H groups in total. The van der Waals surface area contributed by atoms with Crippen LogP contribution in [0.2, 0.25) is 0 Å². The van der Waals surface area contributed by atoms with Crippen molar-refractivity contribution >= 4 is 29.0 Å². The molecule has 0 bridgehead atoms. The Labute approximate surface area is 191 Å². The van der Waals surface area contributed by atoms with E-state index in [0.29, 0.717) is 34.9 Å². The van der Waals surface area contributed by atoms with Crippen molar-refractivity contribution in [3.05, 3.63) is 96.8 Å². The molecular weight excluding hydrogens is 418 g/mol. The third-order valence-electron chi connectivity index (χ3n) is 4.69. The summed E-state index contributed by atoms with van der Waals surface area (Å²) >= 11 is 0. The predicted molar refractivity (Wildman–Crippen MR) is 128 cm³/mol. The van der Waals surface area contributed by atoms with Crippen LogP contribution in [0.5, 0.6) is 11.5 Å². The van der Waals surface area contributed by atoms with Crippen molar-refractivity contribution in [3.63, 3.8) is 0 Å². The molecule has 3 aromatic carbocycles. The lowest BCUT2D eigenvalue weighted by molar-refractivity contribution is 0.102. The van der Waals surface area contributed by atoms with Crippen LogP contribution in [-0.2, 0) is 6.54 Å². The predicted octanol–water partition coefficient (Wildman–Crippen LogP) is 5.59. The highest BCUT2D eigenvalue weighted by molar-refractivity contribution is 6.06. The quantitative estimate of drug-likeness (QED) is 0.348. The summed E-state index contributed by atoms with van der Waals surface area (Å²) in [6.07, 6.45) is 3.34. The highest BCUT2D eigenvalue weighted by atomic mass is 16.5. The van der Waals surface area contributed by atoms with Crippen LogP contribution in [0.25, 0.3) is 0 Å². The van der Waals surface area contributed by atoms with Crippen LogP contribution in [0.1, 0.15) is 17.3 Å². The molecule has 1 heterocycles. The minimum absolute atomic E-state index is 0.288. The fourth-order valence-electron chi connectivity index (χ4n) is 3.07. The molecule has 0 spiro atoms. The van der Waals surface area contributed by atoms with Gasteiger partial charge in [0.1, 0.15) is 11.5 Å². The van der Waals surface area contributed by atoms with Gasteiger partial charge in [0.25, 0.3) is 5.91 Å². The van der Waals surface area contributed by atoms with Crippen LogP contribution in [-0.4, -0.2) is 21.7 Å². The van der Waals surface area contributed by atoms with Gasteiger partial charge in [-0.2, -0.15) is 5.10 Å². The number of urea groups is 1. The molecule has 4 aromatic rings. The minimum Gasteiger partial charge on any atom is -0.457 e. The number of nitrogens with one attached hydrogen (secondary N) is 3. The summed E-state index contributed by atoms with van der Waals surface area (Å²) in [6.45, 7) is 2.68. The van der Waals surface area contributed by atoms with E-state index in [1.165, 1.54) is 0 Å². The molecule has 3 amide bonds. The molecule has 0 fully saturated rings. The van der Waals surface area contributed by atoms with E-state index in [4.69, 9.17) is 4.74 Å². The summed E-state index contributed by atoms with van der Waals surface area (Å²) in [4.78, 5) is 24.9. The lowest BCUT2D eigenvalue weighted by atomic mass is 10.2. The van der Waals surface area contributed by atoms with Crippen LogP contribution in [0, 0.1) is 0 Å². The highest BCUT2D eigenvalue weighted by Crippen LogP contribution is 2.23. The number of hydrogen-bond acceptors (Lipinski definition) is 4. The van der Waals surface area contributed by atoms with Crippen molar-refractivity contribution in [1.82, 2.24) is 9.78 Å². The van der Waals surface area contributed by atoms with Crippen molar-refractivity contribution in [2.75, 3.05) is 16.0 Å². The SMILES string of the molecule is CCn1cc(NC(=O)c2cccc(NC(=O)Nc3ccc(Oc4ccccc4)cc3)c2)cn1. The van der Waals surface area contributed by atoms with E-state index < -0.39 is 6.03 Å². The van der Waals surface area contributed by atoms with Gasteiger partial charge >= 0.3 is 6.03 Å². The van der Waals surface area contributed by atoms with Gasteiger partial charge in [0.15, 0.2) is 0 Å². The Kier molecular flexibility index (Phi) is 6.65. The molecule has 0 unspecified atom stereocenters. The van der Waals surface area contributed by atoms with Crippen LogP contribution < -0.4 is 20.7 Å². The van der Waals surface area contributed by atoms with E-state index in [2.05, 4.69) is 21.0 Å². The molecule has 1 aromatic heterocycles. The third-order valence-corrected chi connectivity index (χ3v) is 4.69. The maximum atomic E-state index is 12.5. The number of rotatable bonds is 7. The van der Waals surface area contributed by atoms with Gasteiger partial charge in [0.05, 0.1) is 11.9 Å². The van der Waals surface area contributed by atoms with Gasteiger partial charge in [0.2, 0.25) is 0 Å². The normalized spacial score (nSPS) is 10.3. The van der Waals surface area contributed by atoms with Crippen molar-refractivity contribution in [2.24, 2.45) is 0 Å². The first kappa shape index (κ1) is 21.6. The lowest BCUT2D eigenvalue weighted by Crippen LogP contribution is -2.20. The molecule has 0 saturated carbocycles. The zero-order valence-corrected chi connectivity index (χ0v) is 18.0. The second kappa shape index (κ2) is 10.1. The first-order valence-electron chi connectivity index (χ1n) is 10.4. The number of ether oxygens (including phenoxy) is 1. The summed E-state index contributed by atoms with van der Waals surface area (Å²) in [7, 11) is 0. The van der Waals surface area contributed by atoms with Crippen LogP contribution in [0.15, 0.2) is 91.3 Å². The minimum atomic E-state index is -0.423. The Balaban J connectivity index is 1.33. The number of aryl methyl sites for hydroxylation is 1.